The van der Waals surface area contributed by atoms with Crippen LogP contribution < -0.4 is 4.90 Å². The molecule has 0 atom stereocenters. The molecule has 2 aromatic carbocycles. The molecule has 8 nitrogen and oxygen atoms in total. The summed E-state index contributed by atoms with van der Waals surface area (Å²) in [7, 11) is 4.72. The summed E-state index contributed by atoms with van der Waals surface area (Å²) in [5, 5.41) is 11.0. The molecule has 0 aliphatic rings. The Morgan fingerprint density at radius 3 is 2.46 bits per heavy atom. The monoisotopic (exact) mass is 358 g/mol. The van der Waals surface area contributed by atoms with Crippen molar-refractivity contribution in [3.05, 3.63) is 69.3 Å². The number of rotatable bonds is 6. The van der Waals surface area contributed by atoms with Crippen molar-refractivity contribution in [2.24, 2.45) is 0 Å². The third-order valence-electron chi connectivity index (χ3n) is 3.61. The van der Waals surface area contributed by atoms with Crippen LogP contribution in [0.2, 0.25) is 0 Å². The second-order valence-electron chi connectivity index (χ2n) is 5.62. The van der Waals surface area contributed by atoms with Gasteiger partial charge in [-0.3, -0.25) is 10.1 Å². The largest absolute Gasteiger partial charge is 0.465 e. The van der Waals surface area contributed by atoms with Crippen LogP contribution in [0.25, 0.3) is 0 Å². The number of carbonyl (C=O) groups excluding carboxylic acids is 2. The molecule has 0 aliphatic carbocycles. The molecule has 0 saturated carbocycles. The van der Waals surface area contributed by atoms with Crippen molar-refractivity contribution in [3.63, 3.8) is 0 Å². The fourth-order valence-electron chi connectivity index (χ4n) is 2.32. The predicted octanol–water partition coefficient (Wildman–Crippen LogP) is 2.80. The van der Waals surface area contributed by atoms with Gasteiger partial charge in [0.15, 0.2) is 0 Å². The van der Waals surface area contributed by atoms with Crippen molar-refractivity contribution < 1.29 is 24.0 Å². The first-order valence-electron chi connectivity index (χ1n) is 7.63. The highest BCUT2D eigenvalue weighted by Crippen LogP contribution is 2.25. The van der Waals surface area contributed by atoms with Crippen LogP contribution in [0.15, 0.2) is 42.5 Å². The van der Waals surface area contributed by atoms with E-state index in [0.717, 1.165) is 0 Å². The zero-order valence-electron chi connectivity index (χ0n) is 14.6. The SMILES string of the molecule is COC(=O)c1cccc(COC(=O)c2cc([N+](=O)[O-])ccc2N(C)C)c1. The maximum Gasteiger partial charge on any atom is 0.340 e. The molecule has 0 heterocycles. The number of benzene rings is 2. The number of nitro groups is 1. The normalized spacial score (nSPS) is 10.1. The highest BCUT2D eigenvalue weighted by molar-refractivity contribution is 5.96. The molecule has 0 amide bonds. The Balaban J connectivity index is 2.21. The van der Waals surface area contributed by atoms with Crippen LogP contribution in [0.4, 0.5) is 11.4 Å². The van der Waals surface area contributed by atoms with Crippen molar-refractivity contribution in [1.82, 2.24) is 0 Å². The molecule has 2 aromatic rings. The standard InChI is InChI=1S/C18H18N2O6/c1-19(2)16-8-7-14(20(23)24)10-15(16)18(22)26-11-12-5-4-6-13(9-12)17(21)25-3/h4-10H,11H2,1-3H3. The summed E-state index contributed by atoms with van der Waals surface area (Å²) in [6.45, 7) is -0.0841. The molecular formula is C18H18N2O6. The summed E-state index contributed by atoms with van der Waals surface area (Å²) in [5.74, 6) is -1.19. The Labute approximate surface area is 150 Å². The molecule has 0 aliphatic heterocycles. The quantitative estimate of drug-likeness (QED) is 0.445. The van der Waals surface area contributed by atoms with E-state index in [1.807, 2.05) is 0 Å². The minimum Gasteiger partial charge on any atom is -0.465 e. The number of esters is 2. The lowest BCUT2D eigenvalue weighted by atomic mass is 10.1. The number of nitrogens with zero attached hydrogens (tertiary/aromatic N) is 2. The molecule has 0 fully saturated rings. The Morgan fingerprint density at radius 2 is 1.85 bits per heavy atom. The summed E-state index contributed by atoms with van der Waals surface area (Å²) in [4.78, 5) is 36.0. The van der Waals surface area contributed by atoms with Crippen LogP contribution in [-0.4, -0.2) is 38.1 Å². The third-order valence-corrected chi connectivity index (χ3v) is 3.61. The van der Waals surface area contributed by atoms with E-state index in [0.29, 0.717) is 16.8 Å². The van der Waals surface area contributed by atoms with Gasteiger partial charge in [-0.15, -0.1) is 0 Å². The summed E-state index contributed by atoms with van der Waals surface area (Å²) in [6, 6.07) is 10.5. The van der Waals surface area contributed by atoms with Gasteiger partial charge in [0, 0.05) is 26.2 Å². The van der Waals surface area contributed by atoms with Crippen molar-refractivity contribution in [2.45, 2.75) is 6.61 Å². The Hall–Kier alpha value is -3.42. The van der Waals surface area contributed by atoms with Gasteiger partial charge in [0.05, 0.1) is 28.8 Å². The molecule has 0 radical (unpaired) electrons. The van der Waals surface area contributed by atoms with Crippen LogP contribution in [0.5, 0.6) is 0 Å². The molecule has 0 N–H and O–H groups in total. The Morgan fingerprint density at radius 1 is 1.12 bits per heavy atom. The van der Waals surface area contributed by atoms with Gasteiger partial charge in [-0.1, -0.05) is 12.1 Å². The Kier molecular flexibility index (Phi) is 5.90. The van der Waals surface area contributed by atoms with Gasteiger partial charge in [0.25, 0.3) is 5.69 Å². The number of ether oxygens (including phenoxy) is 2. The first-order valence-corrected chi connectivity index (χ1v) is 7.63. The molecule has 0 saturated heterocycles. The van der Waals surface area contributed by atoms with E-state index in [9.17, 15) is 19.7 Å². The predicted molar refractivity (Wildman–Crippen MR) is 94.3 cm³/mol. The van der Waals surface area contributed by atoms with E-state index in [-0.39, 0.29) is 17.9 Å². The van der Waals surface area contributed by atoms with Crippen molar-refractivity contribution in [2.75, 3.05) is 26.1 Å². The summed E-state index contributed by atoms with van der Waals surface area (Å²) in [5.41, 5.74) is 1.33. The first kappa shape index (κ1) is 18.9. The minimum atomic E-state index is -0.694. The van der Waals surface area contributed by atoms with Gasteiger partial charge >= 0.3 is 11.9 Å². The number of carbonyl (C=O) groups is 2. The highest BCUT2D eigenvalue weighted by atomic mass is 16.6. The number of hydrogen-bond acceptors (Lipinski definition) is 7. The zero-order chi connectivity index (χ0) is 19.3. The molecule has 136 valence electrons. The molecule has 26 heavy (non-hydrogen) atoms. The fraction of sp³-hybridized carbons (Fsp3) is 0.222. The molecular weight excluding hydrogens is 340 g/mol. The lowest BCUT2D eigenvalue weighted by Crippen LogP contribution is -2.16. The fourth-order valence-corrected chi connectivity index (χ4v) is 2.32. The first-order chi connectivity index (χ1) is 12.3. The smallest absolute Gasteiger partial charge is 0.340 e. The zero-order valence-corrected chi connectivity index (χ0v) is 14.6. The summed E-state index contributed by atoms with van der Waals surface area (Å²) in [6.07, 6.45) is 0. The maximum absolute atomic E-state index is 12.4. The van der Waals surface area contributed by atoms with E-state index in [4.69, 9.17) is 4.74 Å². The van der Waals surface area contributed by atoms with Gasteiger partial charge in [-0.2, -0.15) is 0 Å². The van der Waals surface area contributed by atoms with E-state index in [2.05, 4.69) is 4.74 Å². The van der Waals surface area contributed by atoms with Crippen LogP contribution in [0.1, 0.15) is 26.3 Å². The van der Waals surface area contributed by atoms with E-state index < -0.39 is 16.9 Å². The number of nitro benzene ring substituents is 1. The molecule has 8 heteroatoms. The van der Waals surface area contributed by atoms with Gasteiger partial charge in [-0.25, -0.2) is 9.59 Å². The second kappa shape index (κ2) is 8.11. The van der Waals surface area contributed by atoms with E-state index in [1.165, 1.54) is 25.3 Å². The van der Waals surface area contributed by atoms with Crippen molar-refractivity contribution >= 4 is 23.3 Å². The molecule has 0 unspecified atom stereocenters. The van der Waals surface area contributed by atoms with Crippen LogP contribution in [0, 0.1) is 10.1 Å². The third kappa shape index (κ3) is 4.35. The Bertz CT molecular complexity index is 847. The lowest BCUT2D eigenvalue weighted by Gasteiger charge is -2.16. The van der Waals surface area contributed by atoms with Crippen molar-refractivity contribution in [1.29, 1.82) is 0 Å². The maximum atomic E-state index is 12.4. The van der Waals surface area contributed by atoms with Crippen molar-refractivity contribution in [3.8, 4) is 0 Å². The van der Waals surface area contributed by atoms with Gasteiger partial charge < -0.3 is 14.4 Å². The lowest BCUT2D eigenvalue weighted by molar-refractivity contribution is -0.384. The summed E-state index contributed by atoms with van der Waals surface area (Å²) >= 11 is 0. The van der Waals surface area contributed by atoms with E-state index in [1.54, 1.807) is 43.3 Å². The van der Waals surface area contributed by atoms with Crippen LogP contribution >= 0.6 is 0 Å². The molecule has 0 aromatic heterocycles. The second-order valence-corrected chi connectivity index (χ2v) is 5.62. The molecule has 0 spiro atoms. The average Bonchev–Trinajstić information content (AvgIpc) is 2.64. The minimum absolute atomic E-state index is 0.0841. The van der Waals surface area contributed by atoms with Crippen LogP contribution in [-0.2, 0) is 16.1 Å². The number of non-ortho nitro benzene ring substituents is 1. The molecule has 2 rings (SSSR count). The number of hydrogen-bond donors (Lipinski definition) is 0. The molecule has 0 bridgehead atoms. The summed E-state index contributed by atoms with van der Waals surface area (Å²) < 4.78 is 9.92. The average molecular weight is 358 g/mol. The topological polar surface area (TPSA) is 99.0 Å². The number of methoxy groups -OCH3 is 1. The van der Waals surface area contributed by atoms with Gasteiger partial charge in [0.1, 0.15) is 6.61 Å². The highest BCUT2D eigenvalue weighted by Gasteiger charge is 2.19. The van der Waals surface area contributed by atoms with E-state index >= 15 is 0 Å². The number of anilines is 1. The van der Waals surface area contributed by atoms with Gasteiger partial charge in [-0.05, 0) is 23.8 Å². The van der Waals surface area contributed by atoms with Crippen LogP contribution in [0.3, 0.4) is 0 Å². The van der Waals surface area contributed by atoms with Gasteiger partial charge in [0.2, 0.25) is 0 Å².